The molecule has 0 N–H and O–H groups in total. The van der Waals surface area contributed by atoms with Gasteiger partial charge < -0.3 is 0 Å². The number of alkyl halides is 3. The van der Waals surface area contributed by atoms with Gasteiger partial charge in [-0.1, -0.05) is 0 Å². The smallest absolute Gasteiger partial charge is 0.284 e. The van der Waals surface area contributed by atoms with Crippen molar-refractivity contribution < 1.29 is 18.0 Å². The summed E-state index contributed by atoms with van der Waals surface area (Å²) in [6.45, 7) is 3.55. The van der Waals surface area contributed by atoms with Gasteiger partial charge in [-0.15, -0.1) is 0 Å². The third-order valence-electron chi connectivity index (χ3n) is 1.74. The molecule has 0 saturated heterocycles. The van der Waals surface area contributed by atoms with Crippen LogP contribution >= 0.6 is 0 Å². The molecule has 0 unspecified atom stereocenters. The third kappa shape index (κ3) is 3.18. The Morgan fingerprint density at radius 3 is 2.00 bits per heavy atom. The van der Waals surface area contributed by atoms with E-state index in [0.29, 0.717) is 5.69 Å². The van der Waals surface area contributed by atoms with Crippen LogP contribution in [0.1, 0.15) is 24.2 Å². The van der Waals surface area contributed by atoms with Gasteiger partial charge in [0.05, 0.1) is 5.69 Å². The van der Waals surface area contributed by atoms with Crippen LogP contribution in [0.4, 0.5) is 18.9 Å². The van der Waals surface area contributed by atoms with Crippen molar-refractivity contribution in [2.24, 2.45) is 4.99 Å². The molecule has 0 fully saturated rings. The number of rotatable bonds is 2. The zero-order valence-electron chi connectivity index (χ0n) is 8.80. The highest BCUT2D eigenvalue weighted by molar-refractivity contribution is 6.00. The van der Waals surface area contributed by atoms with Crippen molar-refractivity contribution >= 4 is 17.2 Å². The minimum absolute atomic E-state index is 0.375. The van der Waals surface area contributed by atoms with Crippen molar-refractivity contribution in [3.05, 3.63) is 29.8 Å². The predicted molar refractivity (Wildman–Crippen MR) is 55.3 cm³/mol. The summed E-state index contributed by atoms with van der Waals surface area (Å²) in [5, 5.41) is 0. The lowest BCUT2D eigenvalue weighted by molar-refractivity contribution is -0.0885. The van der Waals surface area contributed by atoms with Gasteiger partial charge in [0.15, 0.2) is 0 Å². The first kappa shape index (κ1) is 12.4. The Bertz CT molecular complexity index is 414. The van der Waals surface area contributed by atoms with Gasteiger partial charge in [-0.25, -0.2) is 0 Å². The first-order chi connectivity index (χ1) is 7.30. The largest absolute Gasteiger partial charge is 0.454 e. The molecule has 0 spiro atoms. The van der Waals surface area contributed by atoms with Crippen LogP contribution < -0.4 is 0 Å². The number of carbonyl (C=O) groups is 1. The monoisotopic (exact) mass is 229 g/mol. The predicted octanol–water partition coefficient (Wildman–Crippen LogP) is 3.54. The van der Waals surface area contributed by atoms with Crippen molar-refractivity contribution in [3.8, 4) is 0 Å². The number of aliphatic imine (C=N–C) groups is 1. The molecule has 0 aliphatic rings. The average Bonchev–Trinajstić information content (AvgIpc) is 2.15. The first-order valence-corrected chi connectivity index (χ1v) is 4.54. The fraction of sp³-hybridized carbons (Fsp3) is 0.273. The van der Waals surface area contributed by atoms with Crippen LogP contribution in [0.25, 0.3) is 0 Å². The van der Waals surface area contributed by atoms with Crippen LogP contribution in [0.5, 0.6) is 0 Å². The number of carbonyl (C=O) groups excluding carboxylic acids is 1. The molecule has 0 amide bonds. The van der Waals surface area contributed by atoms with Crippen molar-refractivity contribution in [1.82, 2.24) is 0 Å². The molecule has 0 aromatic heterocycles. The highest BCUT2D eigenvalue weighted by Crippen LogP contribution is 2.23. The SMILES string of the molecule is CC(C)=Nc1ccc(C(=O)C(F)(F)F)cc1. The van der Waals surface area contributed by atoms with E-state index in [4.69, 9.17) is 0 Å². The van der Waals surface area contributed by atoms with Crippen LogP contribution in [0.15, 0.2) is 29.3 Å². The van der Waals surface area contributed by atoms with E-state index in [2.05, 4.69) is 4.99 Å². The maximum atomic E-state index is 12.1. The van der Waals surface area contributed by atoms with Crippen LogP contribution in [0, 0.1) is 0 Å². The summed E-state index contributed by atoms with van der Waals surface area (Å²) in [5.41, 5.74) is 0.939. The normalized spacial score (nSPS) is 11.1. The molecule has 1 aromatic carbocycles. The van der Waals surface area contributed by atoms with Gasteiger partial charge >= 0.3 is 6.18 Å². The molecule has 0 aliphatic carbocycles. The fourth-order valence-corrected chi connectivity index (χ4v) is 1.11. The molecule has 0 atom stereocenters. The summed E-state index contributed by atoms with van der Waals surface area (Å²) < 4.78 is 36.2. The Morgan fingerprint density at radius 1 is 1.12 bits per heavy atom. The summed E-state index contributed by atoms with van der Waals surface area (Å²) in [6, 6.07) is 5.01. The van der Waals surface area contributed by atoms with Gasteiger partial charge in [0.25, 0.3) is 5.78 Å². The number of hydrogen-bond donors (Lipinski definition) is 0. The Balaban J connectivity index is 2.96. The number of ketones is 1. The van der Waals surface area contributed by atoms with Crippen molar-refractivity contribution in [2.45, 2.75) is 20.0 Å². The van der Waals surface area contributed by atoms with Gasteiger partial charge in [0.2, 0.25) is 0 Å². The molecule has 0 aliphatic heterocycles. The molecule has 0 radical (unpaired) electrons. The maximum Gasteiger partial charge on any atom is 0.454 e. The molecule has 0 heterocycles. The van der Waals surface area contributed by atoms with E-state index in [9.17, 15) is 18.0 Å². The van der Waals surface area contributed by atoms with E-state index in [1.54, 1.807) is 13.8 Å². The minimum Gasteiger partial charge on any atom is -0.284 e. The Morgan fingerprint density at radius 2 is 1.62 bits per heavy atom. The standard InChI is InChI=1S/C11H10F3NO/c1-7(2)15-9-5-3-8(4-6-9)10(16)11(12,13)14/h3-6H,1-2H3. The van der Waals surface area contributed by atoms with Gasteiger partial charge in [0, 0.05) is 11.3 Å². The van der Waals surface area contributed by atoms with E-state index < -0.39 is 12.0 Å². The van der Waals surface area contributed by atoms with Crippen molar-refractivity contribution in [3.63, 3.8) is 0 Å². The summed E-state index contributed by atoms with van der Waals surface area (Å²) in [5.74, 6) is -1.84. The van der Waals surface area contributed by atoms with E-state index in [0.717, 1.165) is 17.8 Å². The molecule has 16 heavy (non-hydrogen) atoms. The Hall–Kier alpha value is -1.65. The topological polar surface area (TPSA) is 29.4 Å². The number of benzene rings is 1. The van der Waals surface area contributed by atoms with E-state index in [1.807, 2.05) is 0 Å². The molecular formula is C11H10F3NO. The Labute approximate surface area is 90.8 Å². The summed E-state index contributed by atoms with van der Waals surface area (Å²) in [6.07, 6.45) is -4.83. The molecule has 5 heteroatoms. The zero-order chi connectivity index (χ0) is 12.3. The second-order valence-corrected chi connectivity index (χ2v) is 3.43. The number of nitrogens with zero attached hydrogens (tertiary/aromatic N) is 1. The van der Waals surface area contributed by atoms with Gasteiger partial charge in [-0.2, -0.15) is 13.2 Å². The molecule has 1 aromatic rings. The molecular weight excluding hydrogens is 219 g/mol. The highest BCUT2D eigenvalue weighted by atomic mass is 19.4. The molecule has 0 saturated carbocycles. The number of Topliss-reactive ketones (excluding diaryl/α,β-unsaturated/α-hetero) is 1. The number of halogens is 3. The lowest BCUT2D eigenvalue weighted by Crippen LogP contribution is -2.22. The summed E-state index contributed by atoms with van der Waals surface area (Å²) in [7, 11) is 0. The third-order valence-corrected chi connectivity index (χ3v) is 1.74. The van der Waals surface area contributed by atoms with Crippen LogP contribution in [0.2, 0.25) is 0 Å². The second-order valence-electron chi connectivity index (χ2n) is 3.43. The minimum atomic E-state index is -4.83. The van der Waals surface area contributed by atoms with Crippen molar-refractivity contribution in [2.75, 3.05) is 0 Å². The second kappa shape index (κ2) is 4.47. The van der Waals surface area contributed by atoms with Crippen LogP contribution in [-0.4, -0.2) is 17.7 Å². The first-order valence-electron chi connectivity index (χ1n) is 4.54. The lowest BCUT2D eigenvalue weighted by Gasteiger charge is -2.04. The molecule has 1 rings (SSSR count). The maximum absolute atomic E-state index is 12.1. The molecule has 86 valence electrons. The summed E-state index contributed by atoms with van der Waals surface area (Å²) in [4.78, 5) is 14.9. The highest BCUT2D eigenvalue weighted by Gasteiger charge is 2.39. The van der Waals surface area contributed by atoms with E-state index in [1.165, 1.54) is 12.1 Å². The van der Waals surface area contributed by atoms with Crippen molar-refractivity contribution in [1.29, 1.82) is 0 Å². The Kier molecular flexibility index (Phi) is 3.47. The quantitative estimate of drug-likeness (QED) is 0.563. The van der Waals surface area contributed by atoms with E-state index >= 15 is 0 Å². The van der Waals surface area contributed by atoms with Gasteiger partial charge in [-0.05, 0) is 38.1 Å². The molecule has 0 bridgehead atoms. The number of hydrogen-bond acceptors (Lipinski definition) is 2. The van der Waals surface area contributed by atoms with E-state index in [-0.39, 0.29) is 5.56 Å². The van der Waals surface area contributed by atoms with Crippen LogP contribution in [-0.2, 0) is 0 Å². The summed E-state index contributed by atoms with van der Waals surface area (Å²) >= 11 is 0. The van der Waals surface area contributed by atoms with Gasteiger partial charge in [-0.3, -0.25) is 9.79 Å². The van der Waals surface area contributed by atoms with Gasteiger partial charge in [0.1, 0.15) is 0 Å². The fourth-order valence-electron chi connectivity index (χ4n) is 1.11. The lowest BCUT2D eigenvalue weighted by atomic mass is 10.1. The average molecular weight is 229 g/mol. The zero-order valence-corrected chi connectivity index (χ0v) is 8.80. The van der Waals surface area contributed by atoms with Crippen LogP contribution in [0.3, 0.4) is 0 Å². The molecule has 2 nitrogen and oxygen atoms in total.